The number of hydrogen-bond donors (Lipinski definition) is 0. The lowest BCUT2D eigenvalue weighted by atomic mass is 10.1. The quantitative estimate of drug-likeness (QED) is 0.711. The third-order valence-corrected chi connectivity index (χ3v) is 4.98. The van der Waals surface area contributed by atoms with Crippen LogP contribution in [0.15, 0.2) is 28.1 Å². The van der Waals surface area contributed by atoms with Gasteiger partial charge in [-0.2, -0.15) is 0 Å². The zero-order chi connectivity index (χ0) is 13.3. The molecule has 2 rings (SSSR count). The fraction of sp³-hybridized carbons (Fsp3) is 0.0833. The number of methoxy groups -OCH3 is 1. The first-order valence-electron chi connectivity index (χ1n) is 4.86. The van der Waals surface area contributed by atoms with Gasteiger partial charge in [-0.15, -0.1) is 11.3 Å². The summed E-state index contributed by atoms with van der Waals surface area (Å²) in [6.45, 7) is 0. The number of thiophene rings is 1. The van der Waals surface area contributed by atoms with Gasteiger partial charge >= 0.3 is 0 Å². The summed E-state index contributed by atoms with van der Waals surface area (Å²) in [7, 11) is 1.51. The van der Waals surface area contributed by atoms with Crippen LogP contribution in [-0.4, -0.2) is 12.9 Å². The minimum Gasteiger partial charge on any atom is -0.496 e. The number of hydrogen-bond acceptors (Lipinski definition) is 3. The number of carbonyl (C=O) groups is 1. The number of halogens is 3. The monoisotopic (exact) mass is 364 g/mol. The third-order valence-electron chi connectivity index (χ3n) is 2.28. The molecular formula is C12H7BrCl2O2S. The predicted octanol–water partition coefficient (Wildman–Crippen LogP) is 5.06. The minimum absolute atomic E-state index is 0.160. The van der Waals surface area contributed by atoms with E-state index in [9.17, 15) is 4.79 Å². The molecule has 0 aliphatic heterocycles. The first-order chi connectivity index (χ1) is 8.52. The maximum Gasteiger partial charge on any atom is 0.206 e. The Bertz CT molecular complexity index is 591. The molecule has 1 aromatic carbocycles. The smallest absolute Gasteiger partial charge is 0.206 e. The maximum atomic E-state index is 12.3. The van der Waals surface area contributed by atoms with Crippen LogP contribution in [0, 0.1) is 0 Å². The summed E-state index contributed by atoms with van der Waals surface area (Å²) in [5.41, 5.74) is 0.426. The summed E-state index contributed by atoms with van der Waals surface area (Å²) in [5.74, 6) is 0.331. The van der Waals surface area contributed by atoms with E-state index in [4.69, 9.17) is 27.9 Å². The van der Waals surface area contributed by atoms with Crippen molar-refractivity contribution in [3.05, 3.63) is 48.5 Å². The van der Waals surface area contributed by atoms with Gasteiger partial charge in [-0.25, -0.2) is 0 Å². The number of ether oxygens (including phenoxy) is 1. The van der Waals surface area contributed by atoms with Crippen LogP contribution < -0.4 is 4.74 Å². The lowest BCUT2D eigenvalue weighted by molar-refractivity contribution is 0.103. The molecule has 0 bridgehead atoms. The lowest BCUT2D eigenvalue weighted by Crippen LogP contribution is -2.01. The Hall–Kier alpha value is -0.550. The molecule has 0 N–H and O–H groups in total. The van der Waals surface area contributed by atoms with Crippen LogP contribution in [0.25, 0.3) is 0 Å². The molecule has 1 heterocycles. The van der Waals surface area contributed by atoms with Crippen molar-refractivity contribution in [3.63, 3.8) is 0 Å². The summed E-state index contributed by atoms with van der Waals surface area (Å²) >= 11 is 16.4. The largest absolute Gasteiger partial charge is 0.496 e. The van der Waals surface area contributed by atoms with Crippen molar-refractivity contribution < 1.29 is 9.53 Å². The molecule has 0 atom stereocenters. The number of carbonyl (C=O) groups excluding carboxylic acids is 1. The molecule has 0 aliphatic rings. The third kappa shape index (κ3) is 2.72. The van der Waals surface area contributed by atoms with Gasteiger partial charge in [-0.3, -0.25) is 4.79 Å². The molecule has 0 saturated heterocycles. The van der Waals surface area contributed by atoms with E-state index in [1.165, 1.54) is 18.4 Å². The highest BCUT2D eigenvalue weighted by Gasteiger charge is 2.18. The first kappa shape index (κ1) is 13.9. The Kier molecular flexibility index (Phi) is 4.33. The first-order valence-corrected chi connectivity index (χ1v) is 7.22. The van der Waals surface area contributed by atoms with Gasteiger partial charge < -0.3 is 4.74 Å². The van der Waals surface area contributed by atoms with E-state index in [-0.39, 0.29) is 5.78 Å². The second-order valence-corrected chi connectivity index (χ2v) is 6.62. The van der Waals surface area contributed by atoms with Crippen LogP contribution in [-0.2, 0) is 0 Å². The van der Waals surface area contributed by atoms with Gasteiger partial charge in [-0.1, -0.05) is 23.2 Å². The molecule has 6 heteroatoms. The topological polar surface area (TPSA) is 26.3 Å². The highest BCUT2D eigenvalue weighted by Crippen LogP contribution is 2.35. The van der Waals surface area contributed by atoms with Crippen molar-refractivity contribution in [2.45, 2.75) is 0 Å². The van der Waals surface area contributed by atoms with E-state index in [1.54, 1.807) is 24.3 Å². The number of rotatable bonds is 3. The van der Waals surface area contributed by atoms with Crippen molar-refractivity contribution in [3.8, 4) is 5.75 Å². The summed E-state index contributed by atoms with van der Waals surface area (Å²) in [6.07, 6.45) is 0. The standard InChI is InChI=1S/C12H7BrCl2O2S/c1-17-9-3-2-6(14)4-7(9)11(16)10-5-8(15)12(13)18-10/h2-5H,1H3. The van der Waals surface area contributed by atoms with Gasteiger partial charge in [-0.05, 0) is 40.2 Å². The lowest BCUT2D eigenvalue weighted by Gasteiger charge is -2.06. The van der Waals surface area contributed by atoms with E-state index in [0.717, 1.165) is 3.79 Å². The summed E-state index contributed by atoms with van der Waals surface area (Å²) in [6, 6.07) is 6.55. The van der Waals surface area contributed by atoms with E-state index < -0.39 is 0 Å². The Morgan fingerprint density at radius 3 is 2.61 bits per heavy atom. The molecule has 1 aromatic heterocycles. The molecule has 0 saturated carbocycles. The van der Waals surface area contributed by atoms with E-state index in [2.05, 4.69) is 15.9 Å². The molecule has 0 unspecified atom stereocenters. The molecule has 2 aromatic rings. The minimum atomic E-state index is -0.160. The van der Waals surface area contributed by atoms with Crippen LogP contribution in [0.3, 0.4) is 0 Å². The van der Waals surface area contributed by atoms with Gasteiger partial charge in [0.2, 0.25) is 5.78 Å². The van der Waals surface area contributed by atoms with Crippen molar-refractivity contribution in [2.24, 2.45) is 0 Å². The summed E-state index contributed by atoms with van der Waals surface area (Å²) < 4.78 is 5.89. The molecule has 0 spiro atoms. The van der Waals surface area contributed by atoms with Gasteiger partial charge in [0.25, 0.3) is 0 Å². The zero-order valence-electron chi connectivity index (χ0n) is 9.17. The van der Waals surface area contributed by atoms with E-state index in [0.29, 0.717) is 26.2 Å². The van der Waals surface area contributed by atoms with Gasteiger partial charge in [0.15, 0.2) is 0 Å². The normalized spacial score (nSPS) is 10.4. The summed E-state index contributed by atoms with van der Waals surface area (Å²) in [4.78, 5) is 12.9. The number of ketones is 1. The Morgan fingerprint density at radius 2 is 2.06 bits per heavy atom. The predicted molar refractivity (Wildman–Crippen MR) is 78.5 cm³/mol. The van der Waals surface area contributed by atoms with Crippen LogP contribution in [0.1, 0.15) is 15.2 Å². The fourth-order valence-corrected chi connectivity index (χ4v) is 3.28. The van der Waals surface area contributed by atoms with Crippen LogP contribution in [0.2, 0.25) is 10.0 Å². The average molecular weight is 366 g/mol. The SMILES string of the molecule is COc1ccc(Cl)cc1C(=O)c1cc(Cl)c(Br)s1. The Labute approximate surface area is 127 Å². The van der Waals surface area contributed by atoms with Crippen LogP contribution in [0.4, 0.5) is 0 Å². The molecule has 2 nitrogen and oxygen atoms in total. The molecule has 0 amide bonds. The van der Waals surface area contributed by atoms with Crippen molar-refractivity contribution in [1.82, 2.24) is 0 Å². The van der Waals surface area contributed by atoms with Crippen molar-refractivity contribution in [1.29, 1.82) is 0 Å². The van der Waals surface area contributed by atoms with E-state index in [1.807, 2.05) is 0 Å². The highest BCUT2D eigenvalue weighted by atomic mass is 79.9. The average Bonchev–Trinajstić information content (AvgIpc) is 2.68. The Morgan fingerprint density at radius 1 is 1.33 bits per heavy atom. The molecule has 0 fully saturated rings. The fourth-order valence-electron chi connectivity index (χ4n) is 1.45. The molecule has 18 heavy (non-hydrogen) atoms. The highest BCUT2D eigenvalue weighted by molar-refractivity contribution is 9.11. The van der Waals surface area contributed by atoms with Gasteiger partial charge in [0, 0.05) is 5.02 Å². The second kappa shape index (κ2) is 5.61. The maximum absolute atomic E-state index is 12.3. The number of benzene rings is 1. The van der Waals surface area contributed by atoms with E-state index >= 15 is 0 Å². The van der Waals surface area contributed by atoms with Gasteiger partial charge in [0.05, 0.1) is 26.4 Å². The van der Waals surface area contributed by atoms with Crippen molar-refractivity contribution >= 4 is 56.3 Å². The molecule has 0 aliphatic carbocycles. The second-order valence-electron chi connectivity index (χ2n) is 3.41. The summed E-state index contributed by atoms with van der Waals surface area (Å²) in [5, 5.41) is 1.00. The van der Waals surface area contributed by atoms with Crippen LogP contribution in [0.5, 0.6) is 5.75 Å². The molecular weight excluding hydrogens is 359 g/mol. The Balaban J connectivity index is 2.48. The zero-order valence-corrected chi connectivity index (χ0v) is 13.1. The van der Waals surface area contributed by atoms with Crippen LogP contribution >= 0.6 is 50.5 Å². The molecule has 94 valence electrons. The van der Waals surface area contributed by atoms with Gasteiger partial charge in [0.1, 0.15) is 5.75 Å². The molecule has 0 radical (unpaired) electrons. The van der Waals surface area contributed by atoms with Crippen molar-refractivity contribution in [2.75, 3.05) is 7.11 Å².